The lowest BCUT2D eigenvalue weighted by atomic mass is 10.1. The van der Waals surface area contributed by atoms with Gasteiger partial charge in [0.1, 0.15) is 5.75 Å². The van der Waals surface area contributed by atoms with E-state index < -0.39 is 28.5 Å². The van der Waals surface area contributed by atoms with Gasteiger partial charge in [-0.25, -0.2) is 13.2 Å². The number of rotatable bonds is 9. The summed E-state index contributed by atoms with van der Waals surface area (Å²) in [5.74, 6) is -0.580. The van der Waals surface area contributed by atoms with Crippen LogP contribution in [-0.2, 0) is 26.0 Å². The maximum atomic E-state index is 12.7. The van der Waals surface area contributed by atoms with Crippen LogP contribution < -0.4 is 10.1 Å². The molecule has 0 atom stereocenters. The number of esters is 1. The number of carbonyl (C=O) groups is 2. The lowest BCUT2D eigenvalue weighted by molar-refractivity contribution is -0.124. The molecule has 0 spiro atoms. The number of sulfonamides is 1. The van der Waals surface area contributed by atoms with Gasteiger partial charge in [-0.1, -0.05) is 23.7 Å². The summed E-state index contributed by atoms with van der Waals surface area (Å²) in [7, 11) is -2.12. The highest BCUT2D eigenvalue weighted by atomic mass is 35.5. The van der Waals surface area contributed by atoms with Gasteiger partial charge in [0.2, 0.25) is 10.0 Å². The number of benzene rings is 2. The quantitative estimate of drug-likeness (QED) is 0.553. The Morgan fingerprint density at radius 2 is 1.78 bits per heavy atom. The number of halogens is 1. The van der Waals surface area contributed by atoms with Crippen LogP contribution in [0.4, 0.5) is 0 Å². The van der Waals surface area contributed by atoms with Crippen LogP contribution in [0.15, 0.2) is 47.4 Å². The van der Waals surface area contributed by atoms with Crippen molar-refractivity contribution >= 4 is 33.5 Å². The SMILES string of the molecule is COc1ccc(CCNC(=O)COC(=O)c2cc(S(=O)(=O)N3CCCC3)ccc2Cl)cc1. The van der Waals surface area contributed by atoms with Crippen molar-refractivity contribution in [2.45, 2.75) is 24.2 Å². The van der Waals surface area contributed by atoms with E-state index in [4.69, 9.17) is 21.1 Å². The van der Waals surface area contributed by atoms with Gasteiger partial charge in [-0.3, -0.25) is 4.79 Å². The highest BCUT2D eigenvalue weighted by Crippen LogP contribution is 2.25. The molecule has 0 saturated carbocycles. The van der Waals surface area contributed by atoms with E-state index in [1.807, 2.05) is 24.3 Å². The highest BCUT2D eigenvalue weighted by Gasteiger charge is 2.28. The molecule has 1 saturated heterocycles. The van der Waals surface area contributed by atoms with Crippen molar-refractivity contribution in [1.29, 1.82) is 0 Å². The summed E-state index contributed by atoms with van der Waals surface area (Å²) in [5, 5.41) is 2.72. The molecule has 3 rings (SSSR count). The molecule has 0 aliphatic carbocycles. The van der Waals surface area contributed by atoms with E-state index in [9.17, 15) is 18.0 Å². The van der Waals surface area contributed by atoms with Crippen LogP contribution in [-0.4, -0.2) is 58.0 Å². The monoisotopic (exact) mass is 480 g/mol. The van der Waals surface area contributed by atoms with Crippen LogP contribution in [0.3, 0.4) is 0 Å². The first kappa shape index (κ1) is 24.0. The fraction of sp³-hybridized carbons (Fsp3) is 0.364. The Morgan fingerprint density at radius 1 is 1.09 bits per heavy atom. The topological polar surface area (TPSA) is 102 Å². The third-order valence-electron chi connectivity index (χ3n) is 5.09. The van der Waals surface area contributed by atoms with Crippen LogP contribution >= 0.6 is 11.6 Å². The number of nitrogens with one attached hydrogen (secondary N) is 1. The predicted octanol–water partition coefficient (Wildman–Crippen LogP) is 2.65. The second-order valence-electron chi connectivity index (χ2n) is 7.28. The molecule has 8 nitrogen and oxygen atoms in total. The minimum Gasteiger partial charge on any atom is -0.497 e. The van der Waals surface area contributed by atoms with E-state index in [-0.39, 0.29) is 15.5 Å². The molecule has 1 heterocycles. The summed E-state index contributed by atoms with van der Waals surface area (Å²) in [6, 6.07) is 11.4. The third-order valence-corrected chi connectivity index (χ3v) is 7.31. The number of amides is 1. The Labute approximate surface area is 192 Å². The molecular formula is C22H25ClN2O6S. The van der Waals surface area contributed by atoms with Crippen molar-refractivity contribution in [3.8, 4) is 5.75 Å². The van der Waals surface area contributed by atoms with Gasteiger partial charge < -0.3 is 14.8 Å². The van der Waals surface area contributed by atoms with Crippen LogP contribution in [0.1, 0.15) is 28.8 Å². The summed E-state index contributed by atoms with van der Waals surface area (Å²) in [6.45, 7) is 0.761. The average molecular weight is 481 g/mol. The van der Waals surface area contributed by atoms with Gasteiger partial charge in [-0.2, -0.15) is 4.31 Å². The lowest BCUT2D eigenvalue weighted by Crippen LogP contribution is -2.30. The molecule has 0 bridgehead atoms. The van der Waals surface area contributed by atoms with Gasteiger partial charge in [0.15, 0.2) is 6.61 Å². The van der Waals surface area contributed by atoms with E-state index in [0.29, 0.717) is 26.1 Å². The molecule has 0 aromatic heterocycles. The third kappa shape index (κ3) is 5.99. The van der Waals surface area contributed by atoms with Crippen molar-refractivity contribution < 1.29 is 27.5 Å². The number of hydrogen-bond donors (Lipinski definition) is 1. The highest BCUT2D eigenvalue weighted by molar-refractivity contribution is 7.89. The molecule has 1 aliphatic rings. The standard InChI is InChI=1S/C22H25ClN2O6S/c1-30-17-6-4-16(5-7-17)10-11-24-21(26)15-31-22(27)19-14-18(8-9-20(19)23)32(28,29)25-12-2-3-13-25/h4-9,14H,2-3,10-13,15H2,1H3,(H,24,26). The minimum absolute atomic E-state index is 0.0281. The van der Waals surface area contributed by atoms with Crippen LogP contribution in [0.2, 0.25) is 5.02 Å². The lowest BCUT2D eigenvalue weighted by Gasteiger charge is -2.16. The molecule has 1 N–H and O–H groups in total. The fourth-order valence-electron chi connectivity index (χ4n) is 3.30. The van der Waals surface area contributed by atoms with E-state index in [1.165, 1.54) is 22.5 Å². The number of carbonyl (C=O) groups excluding carboxylic acids is 2. The van der Waals surface area contributed by atoms with Gasteiger partial charge in [0.25, 0.3) is 5.91 Å². The Kier molecular flexibility index (Phi) is 8.11. The van der Waals surface area contributed by atoms with Crippen LogP contribution in [0, 0.1) is 0 Å². The van der Waals surface area contributed by atoms with E-state index >= 15 is 0 Å². The molecule has 172 valence electrons. The first-order chi connectivity index (χ1) is 15.3. The Balaban J connectivity index is 1.53. The molecule has 32 heavy (non-hydrogen) atoms. The predicted molar refractivity (Wildman–Crippen MR) is 119 cm³/mol. The first-order valence-corrected chi connectivity index (χ1v) is 12.0. The van der Waals surface area contributed by atoms with E-state index in [0.717, 1.165) is 24.2 Å². The summed E-state index contributed by atoms with van der Waals surface area (Å²) >= 11 is 6.07. The van der Waals surface area contributed by atoms with E-state index in [2.05, 4.69) is 5.32 Å². The zero-order chi connectivity index (χ0) is 23.1. The van der Waals surface area contributed by atoms with Gasteiger partial charge in [-0.05, 0) is 55.2 Å². The fourth-order valence-corrected chi connectivity index (χ4v) is 5.04. The summed E-state index contributed by atoms with van der Waals surface area (Å²) in [4.78, 5) is 24.4. The Bertz CT molecular complexity index is 1070. The van der Waals surface area contributed by atoms with Crippen LogP contribution in [0.5, 0.6) is 5.75 Å². The number of ether oxygens (including phenoxy) is 2. The van der Waals surface area contributed by atoms with Crippen LogP contribution in [0.25, 0.3) is 0 Å². The maximum Gasteiger partial charge on any atom is 0.340 e. The largest absolute Gasteiger partial charge is 0.497 e. The van der Waals surface area contributed by atoms with Crippen molar-refractivity contribution in [2.75, 3.05) is 33.4 Å². The van der Waals surface area contributed by atoms with Gasteiger partial charge >= 0.3 is 5.97 Å². The van der Waals surface area contributed by atoms with Crippen molar-refractivity contribution in [3.05, 3.63) is 58.6 Å². The molecule has 1 aliphatic heterocycles. The molecule has 0 radical (unpaired) electrons. The molecule has 2 aromatic rings. The maximum absolute atomic E-state index is 12.7. The minimum atomic E-state index is -3.71. The number of hydrogen-bond acceptors (Lipinski definition) is 6. The number of methoxy groups -OCH3 is 1. The second kappa shape index (κ2) is 10.8. The van der Waals surface area contributed by atoms with Gasteiger partial charge in [0.05, 0.1) is 22.6 Å². The molecule has 1 amide bonds. The molecule has 1 fully saturated rings. The summed E-state index contributed by atoms with van der Waals surface area (Å²) in [5.41, 5.74) is 0.920. The zero-order valence-electron chi connectivity index (χ0n) is 17.7. The molecule has 10 heteroatoms. The smallest absolute Gasteiger partial charge is 0.340 e. The first-order valence-electron chi connectivity index (χ1n) is 10.2. The second-order valence-corrected chi connectivity index (χ2v) is 9.62. The Morgan fingerprint density at radius 3 is 2.44 bits per heavy atom. The summed E-state index contributed by atoms with van der Waals surface area (Å²) in [6.07, 6.45) is 2.20. The molecule has 2 aromatic carbocycles. The van der Waals surface area contributed by atoms with E-state index in [1.54, 1.807) is 7.11 Å². The Hall–Kier alpha value is -2.62. The van der Waals surface area contributed by atoms with Crippen molar-refractivity contribution in [3.63, 3.8) is 0 Å². The number of nitrogens with zero attached hydrogens (tertiary/aromatic N) is 1. The molecule has 0 unspecified atom stereocenters. The van der Waals surface area contributed by atoms with Crippen molar-refractivity contribution in [2.24, 2.45) is 0 Å². The van der Waals surface area contributed by atoms with Gasteiger partial charge in [0, 0.05) is 19.6 Å². The zero-order valence-corrected chi connectivity index (χ0v) is 19.2. The summed E-state index contributed by atoms with van der Waals surface area (Å²) < 4.78 is 36.9. The molecular weight excluding hydrogens is 456 g/mol. The average Bonchev–Trinajstić information content (AvgIpc) is 3.34. The normalized spacial score (nSPS) is 14.2. The van der Waals surface area contributed by atoms with Gasteiger partial charge in [-0.15, -0.1) is 0 Å². The van der Waals surface area contributed by atoms with Crippen molar-refractivity contribution in [1.82, 2.24) is 9.62 Å².